The van der Waals surface area contributed by atoms with Crippen LogP contribution in [0.25, 0.3) is 11.4 Å². The fourth-order valence-corrected chi connectivity index (χ4v) is 3.22. The maximum absolute atomic E-state index is 12.2. The Balaban J connectivity index is 1.70. The van der Waals surface area contributed by atoms with E-state index in [0.29, 0.717) is 28.0 Å². The molecule has 0 aliphatic heterocycles. The van der Waals surface area contributed by atoms with Crippen LogP contribution in [0.5, 0.6) is 5.75 Å². The smallest absolute Gasteiger partial charge is 0.234 e. The number of thioether (sulfide) groups is 1. The van der Waals surface area contributed by atoms with Crippen molar-refractivity contribution in [1.29, 1.82) is 5.26 Å². The molecular formula is C19H17N5O2S. The third kappa shape index (κ3) is 4.10. The highest BCUT2D eigenvalue weighted by Gasteiger charge is 2.16. The first kappa shape index (κ1) is 18.5. The van der Waals surface area contributed by atoms with E-state index in [1.54, 1.807) is 31.4 Å². The average molecular weight is 379 g/mol. The number of amides is 1. The monoisotopic (exact) mass is 379 g/mol. The number of aromatic nitrogens is 3. The van der Waals surface area contributed by atoms with E-state index in [1.807, 2.05) is 35.9 Å². The lowest BCUT2D eigenvalue weighted by Crippen LogP contribution is -2.15. The molecule has 0 fully saturated rings. The van der Waals surface area contributed by atoms with Crippen LogP contribution in [0.2, 0.25) is 0 Å². The molecule has 0 atom stereocenters. The van der Waals surface area contributed by atoms with E-state index in [1.165, 1.54) is 11.8 Å². The van der Waals surface area contributed by atoms with Gasteiger partial charge >= 0.3 is 0 Å². The van der Waals surface area contributed by atoms with Crippen molar-refractivity contribution in [2.75, 3.05) is 18.2 Å². The first-order valence-corrected chi connectivity index (χ1v) is 9.07. The van der Waals surface area contributed by atoms with Crippen molar-refractivity contribution in [2.45, 2.75) is 5.16 Å². The van der Waals surface area contributed by atoms with Crippen LogP contribution in [0, 0.1) is 11.3 Å². The predicted octanol–water partition coefficient (Wildman–Crippen LogP) is 3.09. The fraction of sp³-hybridized carbons (Fsp3) is 0.158. The molecule has 3 aromatic rings. The van der Waals surface area contributed by atoms with Crippen molar-refractivity contribution in [3.05, 3.63) is 54.1 Å². The Kier molecular flexibility index (Phi) is 5.74. The topological polar surface area (TPSA) is 92.8 Å². The number of nitrogens with zero attached hydrogens (tertiary/aromatic N) is 4. The van der Waals surface area contributed by atoms with Gasteiger partial charge < -0.3 is 14.6 Å². The van der Waals surface area contributed by atoms with Gasteiger partial charge in [0.25, 0.3) is 0 Å². The SMILES string of the molecule is COc1ccccc1-c1nnc(SCC(=O)Nc2ccccc2C#N)n1C. The Bertz CT molecular complexity index is 1010. The van der Waals surface area contributed by atoms with E-state index >= 15 is 0 Å². The number of ether oxygens (including phenoxy) is 1. The van der Waals surface area contributed by atoms with Gasteiger partial charge in [0, 0.05) is 7.05 Å². The number of benzene rings is 2. The Morgan fingerprint density at radius 1 is 1.22 bits per heavy atom. The summed E-state index contributed by atoms with van der Waals surface area (Å²) in [5.41, 5.74) is 1.75. The lowest BCUT2D eigenvalue weighted by molar-refractivity contribution is -0.113. The van der Waals surface area contributed by atoms with Gasteiger partial charge in [0.05, 0.1) is 29.7 Å². The zero-order valence-corrected chi connectivity index (χ0v) is 15.7. The van der Waals surface area contributed by atoms with Crippen molar-refractivity contribution in [2.24, 2.45) is 7.05 Å². The maximum Gasteiger partial charge on any atom is 0.234 e. The van der Waals surface area contributed by atoms with Crippen LogP contribution in [-0.2, 0) is 11.8 Å². The number of hydrogen-bond acceptors (Lipinski definition) is 6. The second-order valence-electron chi connectivity index (χ2n) is 5.56. The summed E-state index contributed by atoms with van der Waals surface area (Å²) < 4.78 is 7.19. The van der Waals surface area contributed by atoms with Crippen LogP contribution in [0.4, 0.5) is 5.69 Å². The molecule has 1 aromatic heterocycles. The molecule has 0 unspecified atom stereocenters. The van der Waals surface area contributed by atoms with Crippen LogP contribution in [0.1, 0.15) is 5.56 Å². The van der Waals surface area contributed by atoms with E-state index in [4.69, 9.17) is 10.00 Å². The lowest BCUT2D eigenvalue weighted by Gasteiger charge is -2.08. The number of para-hydroxylation sites is 2. The van der Waals surface area contributed by atoms with Gasteiger partial charge in [0.15, 0.2) is 11.0 Å². The molecule has 1 N–H and O–H groups in total. The zero-order valence-electron chi connectivity index (χ0n) is 14.8. The molecule has 0 aliphatic rings. The zero-order chi connectivity index (χ0) is 19.2. The number of methoxy groups -OCH3 is 1. The molecule has 7 nitrogen and oxygen atoms in total. The first-order chi connectivity index (χ1) is 13.1. The minimum absolute atomic E-state index is 0.150. The molecule has 1 heterocycles. The fourth-order valence-electron chi connectivity index (χ4n) is 2.51. The summed E-state index contributed by atoms with van der Waals surface area (Å²) in [6, 6.07) is 16.5. The van der Waals surface area contributed by atoms with Gasteiger partial charge in [0.1, 0.15) is 11.8 Å². The number of carbonyl (C=O) groups is 1. The first-order valence-electron chi connectivity index (χ1n) is 8.08. The Morgan fingerprint density at radius 3 is 2.74 bits per heavy atom. The molecule has 3 rings (SSSR count). The van der Waals surface area contributed by atoms with Crippen molar-refractivity contribution in [1.82, 2.24) is 14.8 Å². The summed E-state index contributed by atoms with van der Waals surface area (Å²) in [6.07, 6.45) is 0. The maximum atomic E-state index is 12.2. The second-order valence-corrected chi connectivity index (χ2v) is 6.50. The highest BCUT2D eigenvalue weighted by atomic mass is 32.2. The summed E-state index contributed by atoms with van der Waals surface area (Å²) in [6.45, 7) is 0. The van der Waals surface area contributed by atoms with Crippen LogP contribution in [0.3, 0.4) is 0 Å². The number of rotatable bonds is 6. The van der Waals surface area contributed by atoms with Gasteiger partial charge in [-0.1, -0.05) is 36.0 Å². The number of nitriles is 1. The van der Waals surface area contributed by atoms with Gasteiger partial charge in [-0.05, 0) is 24.3 Å². The number of anilines is 1. The normalized spacial score (nSPS) is 10.3. The van der Waals surface area contributed by atoms with E-state index in [9.17, 15) is 4.79 Å². The molecule has 136 valence electrons. The van der Waals surface area contributed by atoms with Crippen LogP contribution in [-0.4, -0.2) is 33.5 Å². The minimum Gasteiger partial charge on any atom is -0.496 e. The molecule has 0 bridgehead atoms. The molecule has 0 saturated heterocycles. The molecule has 8 heteroatoms. The molecule has 0 saturated carbocycles. The number of carbonyl (C=O) groups excluding carboxylic acids is 1. The standard InChI is InChI=1S/C19H17N5O2S/c1-24-18(14-8-4-6-10-16(14)26-2)22-23-19(24)27-12-17(25)21-15-9-5-3-7-13(15)11-20/h3-10H,12H2,1-2H3,(H,21,25). The van der Waals surface area contributed by atoms with Crippen molar-refractivity contribution < 1.29 is 9.53 Å². The average Bonchev–Trinajstić information content (AvgIpc) is 3.07. The quantitative estimate of drug-likeness (QED) is 0.662. The van der Waals surface area contributed by atoms with Gasteiger partial charge in [-0.25, -0.2) is 0 Å². The summed E-state index contributed by atoms with van der Waals surface area (Å²) in [7, 11) is 3.45. The van der Waals surface area contributed by atoms with Gasteiger partial charge in [-0.15, -0.1) is 10.2 Å². The highest BCUT2D eigenvalue weighted by Crippen LogP contribution is 2.30. The van der Waals surface area contributed by atoms with Crippen molar-refractivity contribution in [3.63, 3.8) is 0 Å². The van der Waals surface area contributed by atoms with Crippen molar-refractivity contribution in [3.8, 4) is 23.2 Å². The molecule has 0 radical (unpaired) electrons. The molecule has 1 amide bonds. The minimum atomic E-state index is -0.218. The van der Waals surface area contributed by atoms with E-state index < -0.39 is 0 Å². The van der Waals surface area contributed by atoms with E-state index in [-0.39, 0.29) is 11.7 Å². The number of hydrogen-bond donors (Lipinski definition) is 1. The number of nitrogens with one attached hydrogen (secondary N) is 1. The third-order valence-corrected chi connectivity index (χ3v) is 4.86. The summed E-state index contributed by atoms with van der Waals surface area (Å²) in [4.78, 5) is 12.2. The molecule has 2 aromatic carbocycles. The van der Waals surface area contributed by atoms with Crippen LogP contribution in [0.15, 0.2) is 53.7 Å². The summed E-state index contributed by atoms with van der Waals surface area (Å²) in [5, 5.41) is 20.8. The van der Waals surface area contributed by atoms with Crippen LogP contribution >= 0.6 is 11.8 Å². The highest BCUT2D eigenvalue weighted by molar-refractivity contribution is 7.99. The van der Waals surface area contributed by atoms with Gasteiger partial charge in [-0.2, -0.15) is 5.26 Å². The van der Waals surface area contributed by atoms with Gasteiger partial charge in [0.2, 0.25) is 5.91 Å². The Labute approximate surface area is 161 Å². The predicted molar refractivity (Wildman–Crippen MR) is 104 cm³/mol. The summed E-state index contributed by atoms with van der Waals surface area (Å²) >= 11 is 1.27. The molecule has 0 spiro atoms. The second kappa shape index (κ2) is 8.38. The molecule has 27 heavy (non-hydrogen) atoms. The Hall–Kier alpha value is -3.31. The van der Waals surface area contributed by atoms with Crippen molar-refractivity contribution >= 4 is 23.4 Å². The van der Waals surface area contributed by atoms with E-state index in [2.05, 4.69) is 21.6 Å². The molecular weight excluding hydrogens is 362 g/mol. The Morgan fingerprint density at radius 2 is 1.96 bits per heavy atom. The van der Waals surface area contributed by atoms with Gasteiger partial charge in [-0.3, -0.25) is 4.79 Å². The lowest BCUT2D eigenvalue weighted by atomic mass is 10.2. The molecule has 0 aliphatic carbocycles. The third-order valence-electron chi connectivity index (χ3n) is 3.84. The summed E-state index contributed by atoms with van der Waals surface area (Å²) in [5.74, 6) is 1.29. The van der Waals surface area contributed by atoms with Crippen LogP contribution < -0.4 is 10.1 Å². The van der Waals surface area contributed by atoms with E-state index in [0.717, 1.165) is 5.56 Å². The largest absolute Gasteiger partial charge is 0.496 e.